The van der Waals surface area contributed by atoms with E-state index in [9.17, 15) is 5.11 Å². The lowest BCUT2D eigenvalue weighted by Crippen LogP contribution is -2.08. The molecule has 3 heteroatoms. The number of halogens is 1. The van der Waals surface area contributed by atoms with Crippen molar-refractivity contribution in [3.05, 3.63) is 33.8 Å². The maximum atomic E-state index is 9.53. The second-order valence-corrected chi connectivity index (χ2v) is 6.42. The first-order valence-corrected chi connectivity index (χ1v) is 7.68. The van der Waals surface area contributed by atoms with E-state index in [1.54, 1.807) is 6.92 Å². The van der Waals surface area contributed by atoms with Crippen LogP contribution in [0.2, 0.25) is 0 Å². The molecule has 1 fully saturated rings. The molecule has 1 aromatic rings. The van der Waals surface area contributed by atoms with Crippen molar-refractivity contribution in [1.29, 1.82) is 0 Å². The Labute approximate surface area is 110 Å². The lowest BCUT2D eigenvalue weighted by Gasteiger charge is -2.23. The quantitative estimate of drug-likeness (QED) is 0.887. The van der Waals surface area contributed by atoms with Gasteiger partial charge in [-0.2, -0.15) is 11.8 Å². The molecule has 1 saturated heterocycles. The normalized spacial score (nSPS) is 19.7. The lowest BCUT2D eigenvalue weighted by atomic mass is 9.92. The monoisotopic (exact) mass is 300 g/mol. The van der Waals surface area contributed by atoms with Crippen LogP contribution in [0.15, 0.2) is 22.7 Å². The minimum atomic E-state index is -0.382. The molecule has 1 atom stereocenters. The summed E-state index contributed by atoms with van der Waals surface area (Å²) in [5, 5.41) is 9.53. The van der Waals surface area contributed by atoms with Gasteiger partial charge in [0, 0.05) is 4.47 Å². The zero-order valence-electron chi connectivity index (χ0n) is 9.45. The van der Waals surface area contributed by atoms with Crippen LogP contribution in [0.3, 0.4) is 0 Å². The largest absolute Gasteiger partial charge is 0.389 e. The molecule has 1 N–H and O–H groups in total. The third-order valence-electron chi connectivity index (χ3n) is 3.17. The van der Waals surface area contributed by atoms with Gasteiger partial charge in [0.1, 0.15) is 0 Å². The second-order valence-electron chi connectivity index (χ2n) is 4.34. The van der Waals surface area contributed by atoms with Gasteiger partial charge in [0.15, 0.2) is 0 Å². The SMILES string of the molecule is CC(O)c1ccc(C2CCSCC2)c(Br)c1. The smallest absolute Gasteiger partial charge is 0.0762 e. The summed E-state index contributed by atoms with van der Waals surface area (Å²) in [5.74, 6) is 3.24. The first kappa shape index (κ1) is 12.5. The van der Waals surface area contributed by atoms with E-state index in [4.69, 9.17) is 0 Å². The van der Waals surface area contributed by atoms with Gasteiger partial charge in [-0.3, -0.25) is 0 Å². The third kappa shape index (κ3) is 2.82. The zero-order valence-corrected chi connectivity index (χ0v) is 11.9. The van der Waals surface area contributed by atoms with Crippen LogP contribution in [-0.2, 0) is 0 Å². The van der Waals surface area contributed by atoms with Gasteiger partial charge in [0.05, 0.1) is 6.10 Å². The Morgan fingerprint density at radius 3 is 2.62 bits per heavy atom. The van der Waals surface area contributed by atoms with Gasteiger partial charge in [-0.1, -0.05) is 28.1 Å². The number of aliphatic hydroxyl groups excluding tert-OH is 1. The number of aliphatic hydroxyl groups is 1. The first-order chi connectivity index (χ1) is 7.68. The summed E-state index contributed by atoms with van der Waals surface area (Å²) in [6.45, 7) is 1.80. The fourth-order valence-electron chi connectivity index (χ4n) is 2.14. The number of thioether (sulfide) groups is 1. The third-order valence-corrected chi connectivity index (χ3v) is 4.90. The van der Waals surface area contributed by atoms with E-state index >= 15 is 0 Å². The van der Waals surface area contributed by atoms with Crippen LogP contribution in [0.1, 0.15) is 42.9 Å². The van der Waals surface area contributed by atoms with E-state index in [1.165, 1.54) is 29.9 Å². The molecule has 0 radical (unpaired) electrons. The van der Waals surface area contributed by atoms with Crippen molar-refractivity contribution in [1.82, 2.24) is 0 Å². The van der Waals surface area contributed by atoms with Crippen molar-refractivity contribution < 1.29 is 5.11 Å². The minimum Gasteiger partial charge on any atom is -0.389 e. The highest BCUT2D eigenvalue weighted by Crippen LogP contribution is 2.36. The number of hydrogen-bond acceptors (Lipinski definition) is 2. The van der Waals surface area contributed by atoms with E-state index < -0.39 is 0 Å². The maximum absolute atomic E-state index is 9.53. The molecule has 0 saturated carbocycles. The fourth-order valence-corrected chi connectivity index (χ4v) is 3.97. The highest BCUT2D eigenvalue weighted by molar-refractivity contribution is 9.10. The molecule has 0 aliphatic carbocycles. The maximum Gasteiger partial charge on any atom is 0.0762 e. The number of hydrogen-bond donors (Lipinski definition) is 1. The van der Waals surface area contributed by atoms with E-state index in [1.807, 2.05) is 6.07 Å². The average Bonchev–Trinajstić information content (AvgIpc) is 2.30. The predicted molar refractivity (Wildman–Crippen MR) is 74.1 cm³/mol. The van der Waals surface area contributed by atoms with Crippen LogP contribution in [0, 0.1) is 0 Å². The van der Waals surface area contributed by atoms with Crippen molar-refractivity contribution in [2.75, 3.05) is 11.5 Å². The molecule has 1 nitrogen and oxygen atoms in total. The Bertz CT molecular complexity index is 359. The van der Waals surface area contributed by atoms with E-state index in [0.717, 1.165) is 10.0 Å². The number of rotatable bonds is 2. The van der Waals surface area contributed by atoms with Gasteiger partial charge in [0.2, 0.25) is 0 Å². The molecule has 1 aromatic carbocycles. The van der Waals surface area contributed by atoms with Gasteiger partial charge in [0.25, 0.3) is 0 Å². The molecule has 1 aliphatic rings. The van der Waals surface area contributed by atoms with Gasteiger partial charge < -0.3 is 5.11 Å². The van der Waals surface area contributed by atoms with Crippen molar-refractivity contribution in [3.8, 4) is 0 Å². The first-order valence-electron chi connectivity index (χ1n) is 5.73. The minimum absolute atomic E-state index is 0.382. The molecular formula is C13H17BrOS. The molecule has 88 valence electrons. The van der Waals surface area contributed by atoms with E-state index in [0.29, 0.717) is 5.92 Å². The highest BCUT2D eigenvalue weighted by atomic mass is 79.9. The van der Waals surface area contributed by atoms with Crippen LogP contribution in [0.4, 0.5) is 0 Å². The summed E-state index contributed by atoms with van der Waals surface area (Å²) in [4.78, 5) is 0. The lowest BCUT2D eigenvalue weighted by molar-refractivity contribution is 0.199. The molecule has 16 heavy (non-hydrogen) atoms. The molecule has 0 aromatic heterocycles. The van der Waals surface area contributed by atoms with Crippen molar-refractivity contribution in [3.63, 3.8) is 0 Å². The van der Waals surface area contributed by atoms with Crippen molar-refractivity contribution in [2.45, 2.75) is 31.8 Å². The zero-order chi connectivity index (χ0) is 11.5. The molecule has 2 rings (SSSR count). The second kappa shape index (κ2) is 5.56. The van der Waals surface area contributed by atoms with Gasteiger partial charge >= 0.3 is 0 Å². The van der Waals surface area contributed by atoms with Crippen LogP contribution in [0.5, 0.6) is 0 Å². The standard InChI is InChI=1S/C13H17BrOS/c1-9(15)11-2-3-12(13(14)8-11)10-4-6-16-7-5-10/h2-3,8-10,15H,4-7H2,1H3. The van der Waals surface area contributed by atoms with Crippen molar-refractivity contribution >= 4 is 27.7 Å². The van der Waals surface area contributed by atoms with Crippen LogP contribution in [0.25, 0.3) is 0 Å². The molecule has 1 aliphatic heterocycles. The Morgan fingerprint density at radius 1 is 1.38 bits per heavy atom. The topological polar surface area (TPSA) is 20.2 Å². The summed E-state index contributed by atoms with van der Waals surface area (Å²) in [7, 11) is 0. The van der Waals surface area contributed by atoms with Gasteiger partial charge in [-0.15, -0.1) is 0 Å². The van der Waals surface area contributed by atoms with Crippen molar-refractivity contribution in [2.24, 2.45) is 0 Å². The van der Waals surface area contributed by atoms with Crippen LogP contribution >= 0.6 is 27.7 Å². The molecule has 1 heterocycles. The number of benzene rings is 1. The molecule has 1 unspecified atom stereocenters. The van der Waals surface area contributed by atoms with Gasteiger partial charge in [-0.05, 0) is 54.4 Å². The van der Waals surface area contributed by atoms with Crippen LogP contribution in [-0.4, -0.2) is 16.6 Å². The molecular weight excluding hydrogens is 284 g/mol. The van der Waals surface area contributed by atoms with E-state index in [2.05, 4.69) is 39.8 Å². The Kier molecular flexibility index (Phi) is 4.34. The fraction of sp³-hybridized carbons (Fsp3) is 0.538. The Balaban J connectivity index is 2.21. The molecule has 0 amide bonds. The summed E-state index contributed by atoms with van der Waals surface area (Å²) in [5.41, 5.74) is 2.39. The predicted octanol–water partition coefficient (Wildman–Crippen LogP) is 4.11. The summed E-state index contributed by atoms with van der Waals surface area (Å²) in [6, 6.07) is 6.28. The van der Waals surface area contributed by atoms with Gasteiger partial charge in [-0.25, -0.2) is 0 Å². The van der Waals surface area contributed by atoms with Crippen LogP contribution < -0.4 is 0 Å². The summed E-state index contributed by atoms with van der Waals surface area (Å²) in [6.07, 6.45) is 2.17. The average molecular weight is 301 g/mol. The van der Waals surface area contributed by atoms with E-state index in [-0.39, 0.29) is 6.10 Å². The Morgan fingerprint density at radius 2 is 2.06 bits per heavy atom. The summed E-state index contributed by atoms with van der Waals surface area (Å²) >= 11 is 5.68. The highest BCUT2D eigenvalue weighted by Gasteiger charge is 2.18. The molecule has 0 bridgehead atoms. The molecule has 0 spiro atoms. The Hall–Kier alpha value is 0.01000. The summed E-state index contributed by atoms with van der Waals surface area (Å²) < 4.78 is 1.16.